The van der Waals surface area contributed by atoms with Gasteiger partial charge in [0.25, 0.3) is 11.5 Å². The quantitative estimate of drug-likeness (QED) is 0.621. The van der Waals surface area contributed by atoms with Crippen molar-refractivity contribution in [1.29, 1.82) is 0 Å². The molecule has 0 aliphatic carbocycles. The smallest absolute Gasteiger partial charge is 0.326 e. The predicted molar refractivity (Wildman–Crippen MR) is 62.3 cm³/mol. The summed E-state index contributed by atoms with van der Waals surface area (Å²) in [7, 11) is 1.54. The molecule has 0 aliphatic heterocycles. The van der Waals surface area contributed by atoms with Crippen molar-refractivity contribution in [1.82, 2.24) is 9.88 Å². The van der Waals surface area contributed by atoms with Crippen LogP contribution >= 0.6 is 0 Å². The zero-order valence-corrected chi connectivity index (χ0v) is 9.79. The van der Waals surface area contributed by atoms with Crippen LogP contribution in [0.5, 0.6) is 0 Å². The Morgan fingerprint density at radius 3 is 2.67 bits per heavy atom. The Kier molecular flexibility index (Phi) is 4.61. The highest BCUT2D eigenvalue weighted by Crippen LogP contribution is 1.98. The molecule has 0 radical (unpaired) electrons. The van der Waals surface area contributed by atoms with Crippen molar-refractivity contribution in [2.24, 2.45) is 7.05 Å². The lowest BCUT2D eigenvalue weighted by atomic mass is 10.2. The van der Waals surface area contributed by atoms with E-state index >= 15 is 0 Å². The number of amides is 1. The first-order valence-electron chi connectivity index (χ1n) is 5.27. The molecule has 1 rings (SSSR count). The van der Waals surface area contributed by atoms with E-state index in [1.807, 2.05) is 0 Å². The molecule has 0 spiro atoms. The van der Waals surface area contributed by atoms with Crippen LogP contribution in [-0.2, 0) is 11.8 Å². The molecule has 0 saturated heterocycles. The second-order valence-electron chi connectivity index (χ2n) is 3.74. The number of aromatic nitrogens is 1. The lowest BCUT2D eigenvalue weighted by Gasteiger charge is -2.13. The summed E-state index contributed by atoms with van der Waals surface area (Å²) in [5.41, 5.74) is -0.279. The number of carbonyl (C=O) groups is 2. The molecule has 18 heavy (non-hydrogen) atoms. The van der Waals surface area contributed by atoms with Gasteiger partial charge >= 0.3 is 5.97 Å². The van der Waals surface area contributed by atoms with Gasteiger partial charge in [-0.1, -0.05) is 0 Å². The first-order chi connectivity index (χ1) is 8.45. The van der Waals surface area contributed by atoms with Crippen molar-refractivity contribution < 1.29 is 19.8 Å². The van der Waals surface area contributed by atoms with Crippen molar-refractivity contribution in [2.45, 2.75) is 12.5 Å². The number of hydrogen-bond acceptors (Lipinski definition) is 4. The van der Waals surface area contributed by atoms with E-state index < -0.39 is 17.9 Å². The van der Waals surface area contributed by atoms with Crippen molar-refractivity contribution in [3.8, 4) is 0 Å². The Morgan fingerprint density at radius 1 is 1.50 bits per heavy atom. The van der Waals surface area contributed by atoms with E-state index in [0.717, 1.165) is 6.07 Å². The van der Waals surface area contributed by atoms with Gasteiger partial charge in [-0.25, -0.2) is 4.79 Å². The molecule has 0 saturated carbocycles. The first kappa shape index (κ1) is 13.9. The topological polar surface area (TPSA) is 109 Å². The SMILES string of the molecule is Cn1ccc(C(=O)N[C@@H](CCO)C(=O)O)cc1=O. The maximum absolute atomic E-state index is 11.7. The monoisotopic (exact) mass is 254 g/mol. The number of pyridine rings is 1. The van der Waals surface area contributed by atoms with Gasteiger partial charge in [0.1, 0.15) is 6.04 Å². The maximum Gasteiger partial charge on any atom is 0.326 e. The molecule has 0 bridgehead atoms. The number of aliphatic carboxylic acids is 1. The van der Waals surface area contributed by atoms with Crippen LogP contribution in [0, 0.1) is 0 Å². The molecular formula is C11H14N2O5. The normalized spacial score (nSPS) is 11.9. The second kappa shape index (κ2) is 5.97. The molecule has 1 atom stereocenters. The van der Waals surface area contributed by atoms with Crippen molar-refractivity contribution >= 4 is 11.9 Å². The highest BCUT2D eigenvalue weighted by Gasteiger charge is 2.20. The molecule has 7 heteroatoms. The van der Waals surface area contributed by atoms with Gasteiger partial charge in [-0.3, -0.25) is 9.59 Å². The average Bonchev–Trinajstić information content (AvgIpc) is 2.31. The molecule has 3 N–H and O–H groups in total. The molecule has 0 aliphatic rings. The highest BCUT2D eigenvalue weighted by molar-refractivity contribution is 5.96. The average molecular weight is 254 g/mol. The van der Waals surface area contributed by atoms with E-state index in [1.54, 1.807) is 0 Å². The Bertz CT molecular complexity index is 508. The fourth-order valence-corrected chi connectivity index (χ4v) is 1.32. The van der Waals surface area contributed by atoms with Crippen LogP contribution in [0.2, 0.25) is 0 Å². The largest absolute Gasteiger partial charge is 0.480 e. The summed E-state index contributed by atoms with van der Waals surface area (Å²) in [6.07, 6.45) is 1.32. The first-order valence-corrected chi connectivity index (χ1v) is 5.27. The Morgan fingerprint density at radius 2 is 2.17 bits per heavy atom. The third-order valence-corrected chi connectivity index (χ3v) is 2.39. The number of aryl methyl sites for hydroxylation is 1. The van der Waals surface area contributed by atoms with Crippen molar-refractivity contribution in [2.75, 3.05) is 6.61 Å². The molecule has 0 aromatic carbocycles. The van der Waals surface area contributed by atoms with Gasteiger partial charge in [0.2, 0.25) is 0 Å². The number of carbonyl (C=O) groups excluding carboxylic acids is 1. The van der Waals surface area contributed by atoms with Gasteiger partial charge in [0.15, 0.2) is 0 Å². The summed E-state index contributed by atoms with van der Waals surface area (Å²) < 4.78 is 1.29. The molecule has 1 heterocycles. The number of aliphatic hydroxyl groups excluding tert-OH is 1. The number of hydrogen-bond donors (Lipinski definition) is 3. The van der Waals surface area contributed by atoms with Gasteiger partial charge in [-0.2, -0.15) is 0 Å². The third kappa shape index (κ3) is 3.42. The van der Waals surface area contributed by atoms with Crippen molar-refractivity contribution in [3.63, 3.8) is 0 Å². The number of nitrogens with zero attached hydrogens (tertiary/aromatic N) is 1. The second-order valence-corrected chi connectivity index (χ2v) is 3.74. The van der Waals surface area contributed by atoms with E-state index in [9.17, 15) is 14.4 Å². The van der Waals surface area contributed by atoms with Gasteiger partial charge in [0.05, 0.1) is 0 Å². The lowest BCUT2D eigenvalue weighted by Crippen LogP contribution is -2.41. The number of aliphatic hydroxyl groups is 1. The summed E-state index contributed by atoms with van der Waals surface area (Å²) in [4.78, 5) is 33.8. The summed E-state index contributed by atoms with van der Waals surface area (Å²) in [6.45, 7) is -0.353. The van der Waals surface area contributed by atoms with Gasteiger partial charge in [-0.15, -0.1) is 0 Å². The third-order valence-electron chi connectivity index (χ3n) is 2.39. The Labute approximate surface area is 103 Å². The summed E-state index contributed by atoms with van der Waals surface area (Å²) in [6, 6.07) is 1.36. The fourth-order valence-electron chi connectivity index (χ4n) is 1.32. The minimum Gasteiger partial charge on any atom is -0.480 e. The molecule has 0 fully saturated rings. The van der Waals surface area contributed by atoms with Crippen LogP contribution < -0.4 is 10.9 Å². The van der Waals surface area contributed by atoms with Gasteiger partial charge in [0, 0.05) is 37.9 Å². The van der Waals surface area contributed by atoms with Crippen LogP contribution in [-0.4, -0.2) is 39.3 Å². The maximum atomic E-state index is 11.7. The summed E-state index contributed by atoms with van der Waals surface area (Å²) in [5.74, 6) is -1.89. The standard InChI is InChI=1S/C11H14N2O5/c1-13-4-2-7(6-9(13)15)10(16)12-8(3-5-14)11(17)18/h2,4,6,8,14H,3,5H2,1H3,(H,12,16)(H,17,18)/t8-/m0/s1. The molecular weight excluding hydrogens is 240 g/mol. The van der Waals surface area contributed by atoms with E-state index in [1.165, 1.54) is 23.9 Å². The number of carboxylic acids is 1. The molecule has 1 amide bonds. The molecule has 1 aromatic heterocycles. The number of nitrogens with one attached hydrogen (secondary N) is 1. The molecule has 7 nitrogen and oxygen atoms in total. The fraction of sp³-hybridized carbons (Fsp3) is 0.364. The summed E-state index contributed by atoms with van der Waals surface area (Å²) in [5, 5.41) is 19.7. The molecule has 98 valence electrons. The van der Waals surface area contributed by atoms with E-state index in [-0.39, 0.29) is 24.2 Å². The lowest BCUT2D eigenvalue weighted by molar-refractivity contribution is -0.139. The van der Waals surface area contributed by atoms with Gasteiger partial charge < -0.3 is 20.1 Å². The number of rotatable bonds is 5. The minimum absolute atomic E-state index is 0.0855. The van der Waals surface area contributed by atoms with E-state index in [4.69, 9.17) is 10.2 Å². The zero-order valence-electron chi connectivity index (χ0n) is 9.79. The van der Waals surface area contributed by atoms with Crippen LogP contribution in [0.1, 0.15) is 16.8 Å². The van der Waals surface area contributed by atoms with Crippen LogP contribution in [0.3, 0.4) is 0 Å². The summed E-state index contributed by atoms with van der Waals surface area (Å²) >= 11 is 0. The van der Waals surface area contributed by atoms with E-state index in [2.05, 4.69) is 5.32 Å². The van der Waals surface area contributed by atoms with Crippen molar-refractivity contribution in [3.05, 3.63) is 34.2 Å². The zero-order chi connectivity index (χ0) is 13.7. The van der Waals surface area contributed by atoms with Gasteiger partial charge in [-0.05, 0) is 6.07 Å². The predicted octanol–water partition coefficient (Wildman–Crippen LogP) is -1.05. The van der Waals surface area contributed by atoms with Crippen LogP contribution in [0.4, 0.5) is 0 Å². The Balaban J connectivity index is 2.83. The Hall–Kier alpha value is -2.15. The van der Waals surface area contributed by atoms with E-state index in [0.29, 0.717) is 0 Å². The number of carboxylic acid groups (broad SMARTS) is 1. The van der Waals surface area contributed by atoms with Crippen LogP contribution in [0.25, 0.3) is 0 Å². The molecule has 1 aromatic rings. The molecule has 0 unspecified atom stereocenters. The van der Waals surface area contributed by atoms with Crippen LogP contribution in [0.15, 0.2) is 23.1 Å². The minimum atomic E-state index is -1.23. The highest BCUT2D eigenvalue weighted by atomic mass is 16.4.